The van der Waals surface area contributed by atoms with Crippen molar-refractivity contribution in [2.24, 2.45) is 11.1 Å². The van der Waals surface area contributed by atoms with E-state index in [0.717, 1.165) is 12.8 Å². The van der Waals surface area contributed by atoms with Crippen molar-refractivity contribution in [2.45, 2.75) is 24.2 Å². The lowest BCUT2D eigenvalue weighted by Crippen LogP contribution is -2.25. The predicted molar refractivity (Wildman–Crippen MR) is 131 cm³/mol. The van der Waals surface area contributed by atoms with Crippen LogP contribution in [0.5, 0.6) is 0 Å². The number of hydrogen-bond donors (Lipinski definition) is 3. The van der Waals surface area contributed by atoms with E-state index in [-0.39, 0.29) is 28.7 Å². The van der Waals surface area contributed by atoms with Crippen LogP contribution in [0.15, 0.2) is 65.6 Å². The second-order valence-electron chi connectivity index (χ2n) is 8.21. The molecule has 3 aromatic rings. The maximum absolute atomic E-state index is 14.8. The largest absolute Gasteiger partial charge is 0.593 e. The summed E-state index contributed by atoms with van der Waals surface area (Å²) in [7, 11) is 0. The zero-order valence-corrected chi connectivity index (χ0v) is 19.7. The van der Waals surface area contributed by atoms with Gasteiger partial charge in [-0.25, -0.2) is 4.39 Å². The van der Waals surface area contributed by atoms with Gasteiger partial charge in [0.1, 0.15) is 5.82 Å². The number of amides is 2. The van der Waals surface area contributed by atoms with E-state index in [2.05, 4.69) is 10.6 Å². The molecule has 0 aliphatic heterocycles. The Morgan fingerprint density at radius 2 is 1.88 bits per heavy atom. The summed E-state index contributed by atoms with van der Waals surface area (Å²) in [6, 6.07) is 15.5. The summed E-state index contributed by atoms with van der Waals surface area (Å²) in [5.41, 5.74) is 1.72. The van der Waals surface area contributed by atoms with Crippen molar-refractivity contribution >= 4 is 40.5 Å². The van der Waals surface area contributed by atoms with Crippen molar-refractivity contribution in [1.82, 2.24) is 5.32 Å². The number of benzene rings is 3. The van der Waals surface area contributed by atoms with Crippen LogP contribution in [0, 0.1) is 11.7 Å². The molecule has 2 amide bonds. The first-order valence-electron chi connectivity index (χ1n) is 10.7. The Kier molecular flexibility index (Phi) is 7.53. The lowest BCUT2D eigenvalue weighted by Gasteiger charge is -2.13. The molecule has 1 saturated carbocycles. The minimum atomic E-state index is -1.88. The zero-order valence-electron chi connectivity index (χ0n) is 18.1. The number of hydrogen-bond acceptors (Lipinski definition) is 4. The SMILES string of the molecule is N[S+]([O-])c1cc(NC(=O)Cc2ccccc2Cl)cc(-c2cc(C(=O)NCC3CC3)ccc2F)c1. The van der Waals surface area contributed by atoms with Gasteiger partial charge in [-0.15, -0.1) is 5.14 Å². The van der Waals surface area contributed by atoms with Gasteiger partial charge in [0.25, 0.3) is 5.91 Å². The lowest BCUT2D eigenvalue weighted by atomic mass is 10.0. The van der Waals surface area contributed by atoms with Gasteiger partial charge < -0.3 is 15.2 Å². The smallest absolute Gasteiger partial charge is 0.251 e. The normalized spacial score (nSPS) is 13.9. The maximum atomic E-state index is 14.8. The summed E-state index contributed by atoms with van der Waals surface area (Å²) in [6.07, 6.45) is 2.22. The van der Waals surface area contributed by atoms with Crippen LogP contribution in [-0.4, -0.2) is 22.9 Å². The van der Waals surface area contributed by atoms with Crippen LogP contribution in [-0.2, 0) is 22.6 Å². The molecular formula is C25H23ClFN3O3S. The van der Waals surface area contributed by atoms with Crippen molar-refractivity contribution in [1.29, 1.82) is 0 Å². The number of carbonyl (C=O) groups is 2. The molecule has 4 N–H and O–H groups in total. The van der Waals surface area contributed by atoms with E-state index in [1.165, 1.54) is 30.3 Å². The molecule has 176 valence electrons. The van der Waals surface area contributed by atoms with Crippen LogP contribution >= 0.6 is 11.6 Å². The van der Waals surface area contributed by atoms with Crippen LogP contribution in [0.4, 0.5) is 10.1 Å². The fourth-order valence-electron chi connectivity index (χ4n) is 3.51. The van der Waals surface area contributed by atoms with Gasteiger partial charge in [0.05, 0.1) is 17.8 Å². The maximum Gasteiger partial charge on any atom is 0.251 e. The van der Waals surface area contributed by atoms with Gasteiger partial charge >= 0.3 is 0 Å². The minimum absolute atomic E-state index is 0.0238. The molecule has 9 heteroatoms. The number of anilines is 1. The molecule has 1 aliphatic rings. The van der Waals surface area contributed by atoms with Crippen molar-refractivity contribution in [3.8, 4) is 11.1 Å². The van der Waals surface area contributed by atoms with Crippen LogP contribution in [0.3, 0.4) is 0 Å². The van der Waals surface area contributed by atoms with E-state index in [1.807, 2.05) is 0 Å². The van der Waals surface area contributed by atoms with Gasteiger partial charge in [0, 0.05) is 40.5 Å². The molecule has 4 rings (SSSR count). The first kappa shape index (κ1) is 24.2. The average Bonchev–Trinajstić information content (AvgIpc) is 3.63. The third-order valence-electron chi connectivity index (χ3n) is 5.52. The quantitative estimate of drug-likeness (QED) is 0.398. The molecular weight excluding hydrogens is 477 g/mol. The average molecular weight is 500 g/mol. The number of carbonyl (C=O) groups excluding carboxylic acids is 2. The third-order valence-corrected chi connectivity index (χ3v) is 6.59. The van der Waals surface area contributed by atoms with E-state index in [1.54, 1.807) is 30.3 Å². The predicted octanol–water partition coefficient (Wildman–Crippen LogP) is 4.45. The summed E-state index contributed by atoms with van der Waals surface area (Å²) in [5, 5.41) is 11.6. The Labute approximate surface area is 205 Å². The highest BCUT2D eigenvalue weighted by molar-refractivity contribution is 7.89. The molecule has 34 heavy (non-hydrogen) atoms. The lowest BCUT2D eigenvalue weighted by molar-refractivity contribution is -0.115. The summed E-state index contributed by atoms with van der Waals surface area (Å²) in [5.74, 6) is -0.697. The molecule has 0 radical (unpaired) electrons. The number of halogens is 2. The molecule has 1 atom stereocenters. The summed E-state index contributed by atoms with van der Waals surface area (Å²) >= 11 is 4.26. The van der Waals surface area contributed by atoms with Crippen molar-refractivity contribution in [3.05, 3.63) is 82.6 Å². The Bertz CT molecular complexity index is 1230. The second-order valence-corrected chi connectivity index (χ2v) is 9.68. The van der Waals surface area contributed by atoms with E-state index >= 15 is 0 Å². The van der Waals surface area contributed by atoms with E-state index in [0.29, 0.717) is 39.9 Å². The molecule has 0 bridgehead atoms. The van der Waals surface area contributed by atoms with Gasteiger partial charge in [-0.2, -0.15) is 0 Å². The van der Waals surface area contributed by atoms with Gasteiger partial charge in [0.15, 0.2) is 4.90 Å². The molecule has 0 aromatic heterocycles. The Balaban J connectivity index is 1.60. The molecule has 0 saturated heterocycles. The van der Waals surface area contributed by atoms with E-state index in [4.69, 9.17) is 16.7 Å². The van der Waals surface area contributed by atoms with Gasteiger partial charge in [-0.1, -0.05) is 29.8 Å². The first-order chi connectivity index (χ1) is 16.3. The number of nitrogens with two attached hydrogens (primary N) is 1. The van der Waals surface area contributed by atoms with Crippen LogP contribution < -0.4 is 15.8 Å². The number of nitrogens with one attached hydrogen (secondary N) is 2. The van der Waals surface area contributed by atoms with Gasteiger partial charge in [-0.3, -0.25) is 9.59 Å². The molecule has 1 aliphatic carbocycles. The highest BCUT2D eigenvalue weighted by atomic mass is 35.5. The minimum Gasteiger partial charge on any atom is -0.593 e. The van der Waals surface area contributed by atoms with E-state index in [9.17, 15) is 18.5 Å². The second kappa shape index (κ2) is 10.6. The summed E-state index contributed by atoms with van der Waals surface area (Å²) in [6.45, 7) is 0.592. The highest BCUT2D eigenvalue weighted by Crippen LogP contribution is 2.30. The standard InChI is InChI=1S/C25H23ClFN3O3S/c26-22-4-2-1-3-16(22)12-24(31)30-19-9-18(10-20(13-19)34(28)33)21-11-17(7-8-23(21)27)25(32)29-14-15-5-6-15/h1-4,7-11,13,15H,5-6,12,14,28H2,(H,29,32)(H,30,31). The van der Waals surface area contributed by atoms with Crippen LogP contribution in [0.1, 0.15) is 28.8 Å². The van der Waals surface area contributed by atoms with E-state index < -0.39 is 17.2 Å². The van der Waals surface area contributed by atoms with Crippen LogP contribution in [0.2, 0.25) is 5.02 Å². The molecule has 1 fully saturated rings. The van der Waals surface area contributed by atoms with Gasteiger partial charge in [0.2, 0.25) is 5.91 Å². The van der Waals surface area contributed by atoms with Crippen molar-refractivity contribution < 1.29 is 18.5 Å². The summed E-state index contributed by atoms with van der Waals surface area (Å²) < 4.78 is 26.8. The Hall–Kier alpha value is -2.91. The third kappa shape index (κ3) is 6.15. The highest BCUT2D eigenvalue weighted by Gasteiger charge is 2.22. The van der Waals surface area contributed by atoms with Crippen molar-refractivity contribution in [2.75, 3.05) is 11.9 Å². The first-order valence-corrected chi connectivity index (χ1v) is 12.3. The monoisotopic (exact) mass is 499 g/mol. The molecule has 0 heterocycles. The van der Waals surface area contributed by atoms with Crippen molar-refractivity contribution in [3.63, 3.8) is 0 Å². The Morgan fingerprint density at radius 1 is 1.12 bits per heavy atom. The van der Waals surface area contributed by atoms with Crippen LogP contribution in [0.25, 0.3) is 11.1 Å². The molecule has 3 aromatic carbocycles. The topological polar surface area (TPSA) is 107 Å². The zero-order chi connectivity index (χ0) is 24.2. The fraction of sp³-hybridized carbons (Fsp3) is 0.200. The molecule has 0 spiro atoms. The van der Waals surface area contributed by atoms with Gasteiger partial charge in [-0.05, 0) is 60.2 Å². The molecule has 6 nitrogen and oxygen atoms in total. The Morgan fingerprint density at radius 3 is 2.59 bits per heavy atom. The summed E-state index contributed by atoms with van der Waals surface area (Å²) in [4.78, 5) is 25.3. The fourth-order valence-corrected chi connectivity index (χ4v) is 4.20. The number of rotatable bonds is 8. The molecule has 1 unspecified atom stereocenters.